The summed E-state index contributed by atoms with van der Waals surface area (Å²) in [7, 11) is 0. The Morgan fingerprint density at radius 1 is 1.60 bits per heavy atom. The molecule has 0 amide bonds. The van der Waals surface area contributed by atoms with Crippen molar-refractivity contribution >= 4 is 5.71 Å². The molecule has 4 nitrogen and oxygen atoms in total. The minimum atomic E-state index is 0.507. The highest BCUT2D eigenvalue weighted by molar-refractivity contribution is 5.91. The molecule has 2 fully saturated rings. The van der Waals surface area contributed by atoms with Gasteiger partial charge in [0.05, 0.1) is 18.2 Å². The van der Waals surface area contributed by atoms with Gasteiger partial charge in [-0.1, -0.05) is 5.16 Å². The van der Waals surface area contributed by atoms with E-state index in [0.29, 0.717) is 12.5 Å². The van der Waals surface area contributed by atoms with E-state index in [9.17, 15) is 0 Å². The van der Waals surface area contributed by atoms with Crippen LogP contribution in [0.3, 0.4) is 0 Å². The van der Waals surface area contributed by atoms with Crippen molar-refractivity contribution in [3.63, 3.8) is 0 Å². The second kappa shape index (κ2) is 3.70. The van der Waals surface area contributed by atoms with Gasteiger partial charge in [-0.05, 0) is 19.0 Å². The van der Waals surface area contributed by atoms with Gasteiger partial charge in [0.1, 0.15) is 6.61 Å². The molecule has 2 unspecified atom stereocenters. The van der Waals surface area contributed by atoms with Crippen LogP contribution in [0.15, 0.2) is 28.2 Å². The van der Waals surface area contributed by atoms with E-state index in [-0.39, 0.29) is 0 Å². The monoisotopic (exact) mass is 206 g/mol. The van der Waals surface area contributed by atoms with Crippen molar-refractivity contribution < 1.29 is 9.25 Å². The molecule has 2 aliphatic rings. The highest BCUT2D eigenvalue weighted by Crippen LogP contribution is 2.25. The molecule has 2 aliphatic heterocycles. The summed E-state index contributed by atoms with van der Waals surface area (Å²) in [6.45, 7) is 3.90. The molecular formula is C11H14N2O2. The van der Waals surface area contributed by atoms with Crippen molar-refractivity contribution in [2.75, 3.05) is 19.6 Å². The van der Waals surface area contributed by atoms with Gasteiger partial charge in [0, 0.05) is 24.6 Å². The molecule has 1 aromatic rings. The van der Waals surface area contributed by atoms with Crippen LogP contribution in [0.5, 0.6) is 0 Å². The first-order valence-corrected chi connectivity index (χ1v) is 5.34. The Balaban J connectivity index is 1.55. The van der Waals surface area contributed by atoms with Crippen LogP contribution in [0.1, 0.15) is 12.0 Å². The average molecular weight is 206 g/mol. The molecule has 15 heavy (non-hydrogen) atoms. The summed E-state index contributed by atoms with van der Waals surface area (Å²) in [6, 6.07) is 1.89. The standard InChI is InChI=1S/C11H14N2O2/c1-3-13-5-10(1)11(6-13)12-15-8-9-2-4-14-7-9/h2,4,7,10H,1,3,5-6,8H2. The Morgan fingerprint density at radius 3 is 3.27 bits per heavy atom. The number of fused-ring (bicyclic) bond motifs is 2. The molecule has 0 aromatic carbocycles. The number of hydrogen-bond donors (Lipinski definition) is 0. The fourth-order valence-electron chi connectivity index (χ4n) is 2.27. The Morgan fingerprint density at radius 2 is 2.60 bits per heavy atom. The molecular weight excluding hydrogens is 192 g/mol. The fraction of sp³-hybridized carbons (Fsp3) is 0.545. The lowest BCUT2D eigenvalue weighted by Crippen LogP contribution is -2.23. The Labute approximate surface area is 88.5 Å². The lowest BCUT2D eigenvalue weighted by molar-refractivity contribution is 0.128. The summed E-state index contributed by atoms with van der Waals surface area (Å²) in [5.74, 6) is 0.648. The van der Waals surface area contributed by atoms with E-state index in [0.717, 1.165) is 12.1 Å². The molecule has 4 heteroatoms. The summed E-state index contributed by atoms with van der Waals surface area (Å²) >= 11 is 0. The highest BCUT2D eigenvalue weighted by atomic mass is 16.6. The molecule has 2 bridgehead atoms. The molecule has 0 N–H and O–H groups in total. The van der Waals surface area contributed by atoms with Crippen LogP contribution in [0.25, 0.3) is 0 Å². The van der Waals surface area contributed by atoms with E-state index in [2.05, 4.69) is 10.1 Å². The van der Waals surface area contributed by atoms with Gasteiger partial charge in [-0.15, -0.1) is 0 Å². The molecule has 0 aliphatic carbocycles. The van der Waals surface area contributed by atoms with Crippen molar-refractivity contribution in [1.29, 1.82) is 0 Å². The Kier molecular flexibility index (Phi) is 2.21. The predicted molar refractivity (Wildman–Crippen MR) is 55.5 cm³/mol. The van der Waals surface area contributed by atoms with Gasteiger partial charge >= 0.3 is 0 Å². The van der Waals surface area contributed by atoms with Crippen LogP contribution in [0.4, 0.5) is 0 Å². The van der Waals surface area contributed by atoms with Crippen LogP contribution in [0, 0.1) is 5.92 Å². The maximum absolute atomic E-state index is 5.32. The van der Waals surface area contributed by atoms with Gasteiger partial charge in [0.15, 0.2) is 0 Å². The van der Waals surface area contributed by atoms with Crippen molar-refractivity contribution in [3.05, 3.63) is 24.2 Å². The normalized spacial score (nSPS) is 31.3. The van der Waals surface area contributed by atoms with Gasteiger partial charge in [0.25, 0.3) is 0 Å². The van der Waals surface area contributed by atoms with E-state index in [1.165, 1.54) is 25.2 Å². The largest absolute Gasteiger partial charge is 0.472 e. The van der Waals surface area contributed by atoms with Crippen LogP contribution in [-0.2, 0) is 11.4 Å². The zero-order valence-corrected chi connectivity index (χ0v) is 8.56. The third-order valence-electron chi connectivity index (χ3n) is 3.12. The average Bonchev–Trinajstić information content (AvgIpc) is 2.93. The second-order valence-corrected chi connectivity index (χ2v) is 4.21. The maximum atomic E-state index is 5.32. The molecule has 3 heterocycles. The van der Waals surface area contributed by atoms with Crippen LogP contribution < -0.4 is 0 Å². The summed E-state index contributed by atoms with van der Waals surface area (Å²) in [5, 5.41) is 4.21. The molecule has 2 atom stereocenters. The SMILES string of the molecule is c1cc(CON=C2CN3CCC2C3)co1. The van der Waals surface area contributed by atoms with E-state index in [1.54, 1.807) is 12.5 Å². The first-order chi connectivity index (χ1) is 7.42. The smallest absolute Gasteiger partial charge is 0.145 e. The maximum Gasteiger partial charge on any atom is 0.145 e. The molecule has 1 aromatic heterocycles. The quantitative estimate of drug-likeness (QED) is 0.703. The number of hydrogen-bond acceptors (Lipinski definition) is 4. The van der Waals surface area contributed by atoms with E-state index >= 15 is 0 Å². The van der Waals surface area contributed by atoms with Crippen LogP contribution >= 0.6 is 0 Å². The molecule has 0 radical (unpaired) electrons. The molecule has 0 saturated carbocycles. The van der Waals surface area contributed by atoms with Crippen LogP contribution in [-0.4, -0.2) is 30.2 Å². The summed E-state index contributed by atoms with van der Waals surface area (Å²) in [5.41, 5.74) is 2.24. The zero-order chi connectivity index (χ0) is 10.1. The third-order valence-corrected chi connectivity index (χ3v) is 3.12. The van der Waals surface area contributed by atoms with Crippen molar-refractivity contribution in [2.24, 2.45) is 11.1 Å². The van der Waals surface area contributed by atoms with E-state index in [4.69, 9.17) is 9.25 Å². The lowest BCUT2D eigenvalue weighted by Gasteiger charge is -2.12. The van der Waals surface area contributed by atoms with Gasteiger partial charge < -0.3 is 9.25 Å². The van der Waals surface area contributed by atoms with E-state index < -0.39 is 0 Å². The fourth-order valence-corrected chi connectivity index (χ4v) is 2.27. The molecule has 3 rings (SSSR count). The number of piperidine rings is 1. The lowest BCUT2D eigenvalue weighted by atomic mass is 10.0. The number of oxime groups is 1. The van der Waals surface area contributed by atoms with Crippen molar-refractivity contribution in [1.82, 2.24) is 4.90 Å². The van der Waals surface area contributed by atoms with Crippen LogP contribution in [0.2, 0.25) is 0 Å². The molecule has 2 saturated heterocycles. The minimum absolute atomic E-state index is 0.507. The first kappa shape index (κ1) is 8.97. The molecule has 0 spiro atoms. The predicted octanol–water partition coefficient (Wildman–Crippen LogP) is 1.49. The summed E-state index contributed by atoms with van der Waals surface area (Å²) in [4.78, 5) is 7.74. The Hall–Kier alpha value is -1.29. The minimum Gasteiger partial charge on any atom is -0.472 e. The first-order valence-electron chi connectivity index (χ1n) is 5.34. The number of furan rings is 1. The van der Waals surface area contributed by atoms with Gasteiger partial charge in [0.2, 0.25) is 0 Å². The summed E-state index contributed by atoms with van der Waals surface area (Å²) in [6.07, 6.45) is 4.58. The van der Waals surface area contributed by atoms with Gasteiger partial charge in [-0.2, -0.15) is 0 Å². The van der Waals surface area contributed by atoms with Gasteiger partial charge in [-0.25, -0.2) is 0 Å². The van der Waals surface area contributed by atoms with E-state index in [1.807, 2.05) is 6.07 Å². The number of rotatable bonds is 3. The second-order valence-electron chi connectivity index (χ2n) is 4.21. The van der Waals surface area contributed by atoms with Gasteiger partial charge in [-0.3, -0.25) is 4.90 Å². The summed E-state index contributed by atoms with van der Waals surface area (Å²) < 4.78 is 4.95. The number of nitrogens with zero attached hydrogens (tertiary/aromatic N) is 2. The third kappa shape index (κ3) is 1.77. The topological polar surface area (TPSA) is 38.0 Å². The zero-order valence-electron chi connectivity index (χ0n) is 8.56. The highest BCUT2D eigenvalue weighted by Gasteiger charge is 2.35. The molecule has 80 valence electrons. The van der Waals surface area contributed by atoms with Crippen molar-refractivity contribution in [2.45, 2.75) is 13.0 Å². The Bertz CT molecular complexity index is 359. The van der Waals surface area contributed by atoms with Crippen molar-refractivity contribution in [3.8, 4) is 0 Å².